The van der Waals surface area contributed by atoms with Crippen molar-refractivity contribution in [2.45, 2.75) is 0 Å². The number of nitrogens with one attached hydrogen (secondary N) is 1. The molecule has 0 bridgehead atoms. The van der Waals surface area contributed by atoms with Crippen molar-refractivity contribution in [2.24, 2.45) is 0 Å². The lowest BCUT2D eigenvalue weighted by Gasteiger charge is -2.09. The summed E-state index contributed by atoms with van der Waals surface area (Å²) in [6.45, 7) is 0. The summed E-state index contributed by atoms with van der Waals surface area (Å²) in [6, 6.07) is 9.62. The summed E-state index contributed by atoms with van der Waals surface area (Å²) < 4.78 is 0. The molecule has 0 aromatic heterocycles. The van der Waals surface area contributed by atoms with Gasteiger partial charge in [-0.1, -0.05) is 40.9 Å². The molecule has 0 saturated carbocycles. The van der Waals surface area contributed by atoms with Crippen molar-refractivity contribution in [3.63, 3.8) is 0 Å². The number of hydrogen-bond donors (Lipinski definition) is 2. The summed E-state index contributed by atoms with van der Waals surface area (Å²) in [6.07, 6.45) is 0. The number of benzene rings is 2. The van der Waals surface area contributed by atoms with Crippen LogP contribution in [-0.2, 0) is 0 Å². The molecule has 3 N–H and O–H groups in total. The Kier molecular flexibility index (Phi) is 4.20. The number of amides is 1. The average Bonchev–Trinajstić information content (AvgIpc) is 2.34. The summed E-state index contributed by atoms with van der Waals surface area (Å²) in [5.74, 6) is -0.377. The number of carbonyl (C=O) groups is 1. The Morgan fingerprint density at radius 2 is 1.84 bits per heavy atom. The zero-order valence-corrected chi connectivity index (χ0v) is 11.9. The molecule has 0 aliphatic rings. The highest BCUT2D eigenvalue weighted by molar-refractivity contribution is 6.44. The Hall–Kier alpha value is -1.42. The van der Waals surface area contributed by atoms with Gasteiger partial charge >= 0.3 is 0 Å². The van der Waals surface area contributed by atoms with E-state index in [4.69, 9.17) is 40.5 Å². The molecule has 0 fully saturated rings. The van der Waals surface area contributed by atoms with Crippen molar-refractivity contribution in [1.82, 2.24) is 0 Å². The lowest BCUT2D eigenvalue weighted by atomic mass is 10.1. The number of anilines is 2. The van der Waals surface area contributed by atoms with E-state index < -0.39 is 0 Å². The number of rotatable bonds is 2. The van der Waals surface area contributed by atoms with Crippen LogP contribution in [0.15, 0.2) is 36.4 Å². The molecule has 0 aliphatic carbocycles. The van der Waals surface area contributed by atoms with Crippen molar-refractivity contribution >= 4 is 52.1 Å². The molecule has 0 atom stereocenters. The van der Waals surface area contributed by atoms with E-state index in [0.29, 0.717) is 27.0 Å². The highest BCUT2D eigenvalue weighted by Crippen LogP contribution is 2.30. The quantitative estimate of drug-likeness (QED) is 0.803. The number of nitrogens with two attached hydrogens (primary N) is 1. The first kappa shape index (κ1) is 14.0. The van der Waals surface area contributed by atoms with Crippen LogP contribution in [0.25, 0.3) is 0 Å². The van der Waals surface area contributed by atoms with Crippen LogP contribution in [0.1, 0.15) is 10.4 Å². The largest absolute Gasteiger partial charge is 0.398 e. The minimum absolute atomic E-state index is 0.282. The van der Waals surface area contributed by atoms with Crippen molar-refractivity contribution in [1.29, 1.82) is 0 Å². The van der Waals surface area contributed by atoms with Crippen molar-refractivity contribution < 1.29 is 4.79 Å². The lowest BCUT2D eigenvalue weighted by Crippen LogP contribution is -2.14. The highest BCUT2D eigenvalue weighted by Gasteiger charge is 2.12. The fourth-order valence-corrected chi connectivity index (χ4v) is 2.06. The molecule has 2 aromatic rings. The zero-order chi connectivity index (χ0) is 14.0. The molecule has 0 saturated heterocycles. The van der Waals surface area contributed by atoms with Crippen LogP contribution in [0.2, 0.25) is 15.1 Å². The lowest BCUT2D eigenvalue weighted by molar-refractivity contribution is 0.102. The maximum Gasteiger partial charge on any atom is 0.257 e. The third kappa shape index (κ3) is 3.13. The maximum atomic E-state index is 12.1. The molecule has 0 unspecified atom stereocenters. The monoisotopic (exact) mass is 314 g/mol. The predicted octanol–water partition coefficient (Wildman–Crippen LogP) is 4.48. The number of carbonyl (C=O) groups excluding carboxylic acids is 1. The molecule has 1 amide bonds. The van der Waals surface area contributed by atoms with Gasteiger partial charge in [0.15, 0.2) is 0 Å². The summed E-state index contributed by atoms with van der Waals surface area (Å²) in [5, 5.41) is 3.76. The number of halogens is 3. The van der Waals surface area contributed by atoms with Gasteiger partial charge in [-0.05, 0) is 30.3 Å². The third-order valence-electron chi connectivity index (χ3n) is 2.46. The van der Waals surface area contributed by atoms with Crippen LogP contribution in [0, 0.1) is 0 Å². The van der Waals surface area contributed by atoms with Gasteiger partial charge < -0.3 is 11.1 Å². The summed E-state index contributed by atoms with van der Waals surface area (Å²) in [7, 11) is 0. The van der Waals surface area contributed by atoms with E-state index in [2.05, 4.69) is 5.32 Å². The van der Waals surface area contributed by atoms with E-state index in [1.807, 2.05) is 0 Å². The molecule has 19 heavy (non-hydrogen) atoms. The van der Waals surface area contributed by atoms with Crippen molar-refractivity contribution in [3.8, 4) is 0 Å². The maximum absolute atomic E-state index is 12.1. The van der Waals surface area contributed by atoms with Gasteiger partial charge in [0.1, 0.15) is 0 Å². The van der Waals surface area contributed by atoms with Gasteiger partial charge in [-0.3, -0.25) is 4.79 Å². The van der Waals surface area contributed by atoms with Gasteiger partial charge in [-0.2, -0.15) is 0 Å². The first-order chi connectivity index (χ1) is 8.99. The second-order valence-electron chi connectivity index (χ2n) is 3.79. The molecule has 98 valence electrons. The average molecular weight is 316 g/mol. The molecule has 2 aromatic carbocycles. The Morgan fingerprint density at radius 1 is 1.11 bits per heavy atom. The zero-order valence-electron chi connectivity index (χ0n) is 9.58. The molecule has 0 spiro atoms. The van der Waals surface area contributed by atoms with Gasteiger partial charge in [-0.25, -0.2) is 0 Å². The van der Waals surface area contributed by atoms with Crippen molar-refractivity contribution in [3.05, 3.63) is 57.0 Å². The molecule has 0 heterocycles. The Balaban J connectivity index is 2.28. The topological polar surface area (TPSA) is 55.1 Å². The van der Waals surface area contributed by atoms with E-state index in [1.54, 1.807) is 30.3 Å². The van der Waals surface area contributed by atoms with Crippen molar-refractivity contribution in [2.75, 3.05) is 11.1 Å². The summed E-state index contributed by atoms with van der Waals surface area (Å²) in [5.41, 5.74) is 6.78. The van der Waals surface area contributed by atoms with Gasteiger partial charge in [0.25, 0.3) is 5.91 Å². The molecular formula is C13H9Cl3N2O. The standard InChI is InChI=1S/C13H9Cl3N2O/c14-7-4-5-8(10(17)6-7)13(19)18-11-3-1-2-9(15)12(11)16/h1-6H,17H2,(H,18,19). The minimum atomic E-state index is -0.377. The molecule has 3 nitrogen and oxygen atoms in total. The molecule has 0 aliphatic heterocycles. The Labute approximate surface area is 125 Å². The Morgan fingerprint density at radius 3 is 2.53 bits per heavy atom. The van der Waals surface area contributed by atoms with E-state index in [-0.39, 0.29) is 10.9 Å². The summed E-state index contributed by atoms with van der Waals surface area (Å²) >= 11 is 17.6. The second kappa shape index (κ2) is 5.70. The smallest absolute Gasteiger partial charge is 0.257 e. The highest BCUT2D eigenvalue weighted by atomic mass is 35.5. The number of nitrogen functional groups attached to an aromatic ring is 1. The van der Waals surface area contributed by atoms with Gasteiger partial charge in [0.05, 0.1) is 21.3 Å². The van der Waals surface area contributed by atoms with Crippen LogP contribution in [0.5, 0.6) is 0 Å². The molecule has 6 heteroatoms. The van der Waals surface area contributed by atoms with Crippen LogP contribution < -0.4 is 11.1 Å². The van der Waals surface area contributed by atoms with E-state index in [0.717, 1.165) is 0 Å². The summed E-state index contributed by atoms with van der Waals surface area (Å²) in [4.78, 5) is 12.1. The SMILES string of the molecule is Nc1cc(Cl)ccc1C(=O)Nc1cccc(Cl)c1Cl. The first-order valence-corrected chi connectivity index (χ1v) is 6.43. The Bertz CT molecular complexity index is 644. The number of hydrogen-bond acceptors (Lipinski definition) is 2. The first-order valence-electron chi connectivity index (χ1n) is 5.29. The minimum Gasteiger partial charge on any atom is -0.398 e. The van der Waals surface area contributed by atoms with Crippen LogP contribution in [0.3, 0.4) is 0 Å². The fourth-order valence-electron chi connectivity index (χ4n) is 1.53. The third-order valence-corrected chi connectivity index (χ3v) is 3.51. The predicted molar refractivity (Wildman–Crippen MR) is 80.3 cm³/mol. The normalized spacial score (nSPS) is 10.3. The molecule has 2 rings (SSSR count). The van der Waals surface area contributed by atoms with E-state index >= 15 is 0 Å². The van der Waals surface area contributed by atoms with Crippen LogP contribution in [-0.4, -0.2) is 5.91 Å². The molecular weight excluding hydrogens is 307 g/mol. The second-order valence-corrected chi connectivity index (χ2v) is 5.01. The fraction of sp³-hybridized carbons (Fsp3) is 0. The molecule has 0 radical (unpaired) electrons. The van der Waals surface area contributed by atoms with E-state index in [1.165, 1.54) is 6.07 Å². The van der Waals surface area contributed by atoms with Gasteiger partial charge in [0.2, 0.25) is 0 Å². The van der Waals surface area contributed by atoms with Crippen LogP contribution >= 0.6 is 34.8 Å². The van der Waals surface area contributed by atoms with E-state index in [9.17, 15) is 4.79 Å². The van der Waals surface area contributed by atoms with Crippen LogP contribution in [0.4, 0.5) is 11.4 Å². The van der Waals surface area contributed by atoms with Gasteiger partial charge in [-0.15, -0.1) is 0 Å². The van der Waals surface area contributed by atoms with Gasteiger partial charge in [0, 0.05) is 10.7 Å².